The molecule has 79 valence electrons. The van der Waals surface area contributed by atoms with Gasteiger partial charge in [-0.25, -0.2) is 16.6 Å². The highest BCUT2D eigenvalue weighted by molar-refractivity contribution is 7.62. The van der Waals surface area contributed by atoms with E-state index >= 15 is 0 Å². The lowest BCUT2D eigenvalue weighted by molar-refractivity contribution is 0.709. The van der Waals surface area contributed by atoms with Crippen LogP contribution in [0.2, 0.25) is 11.6 Å². The lowest BCUT2D eigenvalue weighted by atomic mass is 10.2. The van der Waals surface area contributed by atoms with Crippen LogP contribution in [0.1, 0.15) is 41.5 Å². The summed E-state index contributed by atoms with van der Waals surface area (Å²) >= 11 is -0.399. The first-order chi connectivity index (χ1) is 5.55. The molecule has 0 N–H and O–H groups in total. The molecule has 0 nitrogen and oxygen atoms in total. The Kier molecular flexibility index (Phi) is 5.00. The van der Waals surface area contributed by atoms with Crippen LogP contribution in [0.5, 0.6) is 0 Å². The van der Waals surface area contributed by atoms with Gasteiger partial charge in [0.05, 0.1) is 0 Å². The number of rotatable bonds is 2. The van der Waals surface area contributed by atoms with Gasteiger partial charge in [-0.2, -0.15) is 0 Å². The predicted molar refractivity (Wildman–Crippen MR) is 68.8 cm³/mol. The normalized spacial score (nSPS) is 14.3. The first kappa shape index (κ1) is 14.0. The van der Waals surface area contributed by atoms with Crippen LogP contribution in [0, 0.1) is 0 Å². The van der Waals surface area contributed by atoms with Gasteiger partial charge in [-0.15, -0.1) is 7.92 Å². The Morgan fingerprint density at radius 3 is 1.23 bits per heavy atom. The molecule has 0 saturated heterocycles. The van der Waals surface area contributed by atoms with Gasteiger partial charge < -0.3 is 0 Å². The van der Waals surface area contributed by atoms with E-state index in [2.05, 4.69) is 53.1 Å². The van der Waals surface area contributed by atoms with Crippen molar-refractivity contribution in [1.82, 2.24) is 0 Å². The van der Waals surface area contributed by atoms with Crippen molar-refractivity contribution in [2.75, 3.05) is 5.02 Å². The SMILES string of the molecule is [CH3][Al-]([CH3])[CH2]P(C(C)(C)C)C(C)(C)C. The fourth-order valence-corrected chi connectivity index (χ4v) is 11.2. The summed E-state index contributed by atoms with van der Waals surface area (Å²) in [4.78, 5) is 0. The molecule has 0 spiro atoms. The molecule has 0 bridgehead atoms. The highest BCUT2D eigenvalue weighted by atomic mass is 31.1. The van der Waals surface area contributed by atoms with Crippen LogP contribution < -0.4 is 0 Å². The van der Waals surface area contributed by atoms with Gasteiger partial charge >= 0.3 is 0 Å². The van der Waals surface area contributed by atoms with Crippen molar-refractivity contribution in [3.63, 3.8) is 0 Å². The summed E-state index contributed by atoms with van der Waals surface area (Å²) in [5.41, 5.74) is 0. The molecule has 0 atom stereocenters. The van der Waals surface area contributed by atoms with E-state index in [9.17, 15) is 0 Å². The summed E-state index contributed by atoms with van der Waals surface area (Å²) in [6, 6.07) is 0. The van der Waals surface area contributed by atoms with E-state index in [1.807, 2.05) is 0 Å². The van der Waals surface area contributed by atoms with Crippen molar-refractivity contribution in [1.29, 1.82) is 0 Å². The van der Waals surface area contributed by atoms with Gasteiger partial charge in [-0.3, -0.25) is 0 Å². The standard InChI is InChI=1S/C9H20P.2CH3.Al/c1-8(2,3)10(7)9(4,5)6;;;/h7H2,1-6H3;2*1H3;/q;;;-1. The summed E-state index contributed by atoms with van der Waals surface area (Å²) in [6.07, 6.45) is 0. The Morgan fingerprint density at radius 1 is 0.846 bits per heavy atom. The molecule has 1 radical (unpaired) electrons. The zero-order valence-corrected chi connectivity index (χ0v) is 12.8. The monoisotopic (exact) mass is 216 g/mol. The number of hydrogen-bond acceptors (Lipinski definition) is 0. The summed E-state index contributed by atoms with van der Waals surface area (Å²) in [7, 11) is 0.180. The molecule has 0 rings (SSSR count). The molecule has 0 aromatic rings. The lowest BCUT2D eigenvalue weighted by Gasteiger charge is -2.45. The first-order valence-electron chi connectivity index (χ1n) is 5.33. The summed E-state index contributed by atoms with van der Waals surface area (Å²) in [5, 5.41) is 2.61. The minimum Gasteiger partial charge on any atom is -0.233 e. The molecule has 0 aliphatic rings. The highest BCUT2D eigenvalue weighted by Crippen LogP contribution is 2.59. The van der Waals surface area contributed by atoms with E-state index in [4.69, 9.17) is 0 Å². The van der Waals surface area contributed by atoms with Crippen LogP contribution in [-0.2, 0) is 0 Å². The van der Waals surface area contributed by atoms with Crippen molar-refractivity contribution in [2.24, 2.45) is 0 Å². The van der Waals surface area contributed by atoms with Crippen molar-refractivity contribution in [2.45, 2.75) is 63.4 Å². The largest absolute Gasteiger partial charge is 0.233 e. The second-order valence-electron chi connectivity index (χ2n) is 6.35. The van der Waals surface area contributed by atoms with E-state index in [-0.39, 0.29) is 7.92 Å². The second kappa shape index (κ2) is 4.65. The van der Waals surface area contributed by atoms with Gasteiger partial charge in [0.1, 0.15) is 0 Å². The molecule has 13 heavy (non-hydrogen) atoms. The molecule has 0 unspecified atom stereocenters. The minimum absolute atomic E-state index is 0.180. The Labute approximate surface area is 90.6 Å². The summed E-state index contributed by atoms with van der Waals surface area (Å²) in [6.45, 7) is 14.5. The molecule has 0 aliphatic carbocycles. The second-order valence-corrected chi connectivity index (χ2v) is 14.1. The lowest BCUT2D eigenvalue weighted by Crippen LogP contribution is -2.29. The topological polar surface area (TPSA) is 0 Å². The smallest absolute Gasteiger partial charge is 0.0209 e. The van der Waals surface area contributed by atoms with Crippen molar-refractivity contribution in [3.05, 3.63) is 0 Å². The molecule has 0 aromatic carbocycles. The third kappa shape index (κ3) is 5.41. The van der Waals surface area contributed by atoms with Crippen LogP contribution in [-0.4, -0.2) is 29.5 Å². The third-order valence-electron chi connectivity index (χ3n) is 2.17. The Hall–Kier alpha value is 0.962. The maximum Gasteiger partial charge on any atom is -0.0209 e. The maximum absolute atomic E-state index is 2.48. The quantitative estimate of drug-likeness (QED) is 0.475. The molecule has 0 aliphatic heterocycles. The van der Waals surface area contributed by atoms with Gasteiger partial charge in [0, 0.05) is 0 Å². The molecule has 2 heteroatoms. The predicted octanol–water partition coefficient (Wildman–Crippen LogP) is 4.36. The average molecular weight is 216 g/mol. The number of hydrogen-bond donors (Lipinski definition) is 0. The van der Waals surface area contributed by atoms with Crippen molar-refractivity contribution < 1.29 is 0 Å². The van der Waals surface area contributed by atoms with Crippen LogP contribution in [0.3, 0.4) is 0 Å². The van der Waals surface area contributed by atoms with Gasteiger partial charge in [-0.1, -0.05) is 41.5 Å². The Balaban J connectivity index is 4.58. The summed E-state index contributed by atoms with van der Waals surface area (Å²) in [5.74, 6) is 4.96. The molecular weight excluding hydrogens is 190 g/mol. The van der Waals surface area contributed by atoms with E-state index in [0.29, 0.717) is 10.3 Å². The zero-order valence-electron chi connectivity index (χ0n) is 10.7. The van der Waals surface area contributed by atoms with Gasteiger partial charge in [0.25, 0.3) is 0 Å². The van der Waals surface area contributed by atoms with E-state index < -0.39 is 14.1 Å². The molecular formula is C11H26AlP-. The van der Waals surface area contributed by atoms with E-state index in [1.54, 1.807) is 5.02 Å². The average Bonchev–Trinajstić information content (AvgIpc) is 1.77. The van der Waals surface area contributed by atoms with Crippen LogP contribution >= 0.6 is 7.92 Å². The van der Waals surface area contributed by atoms with E-state index in [0.717, 1.165) is 0 Å². The first-order valence-corrected chi connectivity index (χ1v) is 9.98. The van der Waals surface area contributed by atoms with Crippen molar-refractivity contribution in [3.8, 4) is 0 Å². The van der Waals surface area contributed by atoms with Crippen LogP contribution in [0.4, 0.5) is 0 Å². The van der Waals surface area contributed by atoms with Gasteiger partial charge in [-0.05, 0) is 24.5 Å². The molecule has 0 saturated carbocycles. The highest BCUT2D eigenvalue weighted by Gasteiger charge is 2.31. The van der Waals surface area contributed by atoms with Gasteiger partial charge in [0.2, 0.25) is 0 Å². The zero-order chi connectivity index (χ0) is 10.9. The van der Waals surface area contributed by atoms with Crippen molar-refractivity contribution >= 4 is 22.1 Å². The third-order valence-corrected chi connectivity index (χ3v) is 9.79. The minimum atomic E-state index is -0.399. The van der Waals surface area contributed by atoms with Crippen LogP contribution in [0.25, 0.3) is 0 Å². The fourth-order valence-electron chi connectivity index (χ4n) is 1.92. The fraction of sp³-hybridized carbons (Fsp3) is 1.00. The molecule has 0 amide bonds. The molecule has 0 aromatic heterocycles. The van der Waals surface area contributed by atoms with E-state index in [1.165, 1.54) is 0 Å². The maximum atomic E-state index is 2.48. The Bertz CT molecular complexity index is 136. The Morgan fingerprint density at radius 2 is 1.15 bits per heavy atom. The molecule has 0 fully saturated rings. The van der Waals surface area contributed by atoms with Gasteiger partial charge in [0.15, 0.2) is 0 Å². The summed E-state index contributed by atoms with van der Waals surface area (Å²) < 4.78 is 0. The van der Waals surface area contributed by atoms with Crippen LogP contribution in [0.15, 0.2) is 0 Å². The molecule has 0 heterocycles.